The van der Waals surface area contributed by atoms with Crippen molar-refractivity contribution in [3.8, 4) is 0 Å². The summed E-state index contributed by atoms with van der Waals surface area (Å²) in [5, 5.41) is 4.08. The summed E-state index contributed by atoms with van der Waals surface area (Å²) in [6.45, 7) is 1.69. The van der Waals surface area contributed by atoms with Gasteiger partial charge in [-0.3, -0.25) is 4.79 Å². The van der Waals surface area contributed by atoms with E-state index >= 15 is 0 Å². The Morgan fingerprint density at radius 1 is 1.40 bits per heavy atom. The van der Waals surface area contributed by atoms with Crippen LogP contribution >= 0.6 is 11.5 Å². The number of aryl methyl sites for hydroxylation is 1. The molecule has 1 N–H and O–H groups in total. The number of esters is 1. The number of carbonyl (C=O) groups excluding carboxylic acids is 2. The SMILES string of the molecule is COC(=O)c1c(F)cccc1NC(=O)c1csnc1C. The number of hydrogen-bond donors (Lipinski definition) is 1. The zero-order valence-corrected chi connectivity index (χ0v) is 11.6. The van der Waals surface area contributed by atoms with E-state index < -0.39 is 17.7 Å². The Morgan fingerprint density at radius 2 is 2.15 bits per heavy atom. The second-order valence-corrected chi connectivity index (χ2v) is 4.55. The number of anilines is 1. The van der Waals surface area contributed by atoms with Crippen molar-refractivity contribution < 1.29 is 18.7 Å². The lowest BCUT2D eigenvalue weighted by Crippen LogP contribution is -2.16. The van der Waals surface area contributed by atoms with Gasteiger partial charge >= 0.3 is 5.97 Å². The molecule has 0 bridgehead atoms. The van der Waals surface area contributed by atoms with Gasteiger partial charge in [-0.25, -0.2) is 9.18 Å². The molecule has 1 heterocycles. The molecule has 0 unspecified atom stereocenters. The molecule has 0 aliphatic carbocycles. The molecule has 0 saturated heterocycles. The Balaban J connectivity index is 2.35. The summed E-state index contributed by atoms with van der Waals surface area (Å²) >= 11 is 1.15. The van der Waals surface area contributed by atoms with Crippen LogP contribution in [0, 0.1) is 12.7 Å². The van der Waals surface area contributed by atoms with Crippen LogP contribution in [-0.2, 0) is 4.74 Å². The molecule has 0 aliphatic heterocycles. The van der Waals surface area contributed by atoms with Crippen molar-refractivity contribution >= 4 is 29.1 Å². The molecule has 0 atom stereocenters. The topological polar surface area (TPSA) is 68.3 Å². The highest BCUT2D eigenvalue weighted by atomic mass is 32.1. The number of nitrogens with one attached hydrogen (secondary N) is 1. The van der Waals surface area contributed by atoms with E-state index in [0.29, 0.717) is 11.3 Å². The van der Waals surface area contributed by atoms with Crippen LogP contribution in [0.15, 0.2) is 23.6 Å². The van der Waals surface area contributed by atoms with Crippen molar-refractivity contribution in [1.29, 1.82) is 0 Å². The number of benzene rings is 1. The van der Waals surface area contributed by atoms with Gasteiger partial charge in [0.25, 0.3) is 5.91 Å². The van der Waals surface area contributed by atoms with Crippen LogP contribution in [0.1, 0.15) is 26.4 Å². The number of amides is 1. The lowest BCUT2D eigenvalue weighted by Gasteiger charge is -2.10. The molecule has 2 rings (SSSR count). The molecule has 2 aromatic rings. The van der Waals surface area contributed by atoms with Gasteiger partial charge in [-0.1, -0.05) is 6.07 Å². The Morgan fingerprint density at radius 3 is 2.75 bits per heavy atom. The van der Waals surface area contributed by atoms with E-state index in [1.54, 1.807) is 12.3 Å². The minimum absolute atomic E-state index is 0.0625. The highest BCUT2D eigenvalue weighted by molar-refractivity contribution is 7.04. The van der Waals surface area contributed by atoms with Gasteiger partial charge in [-0.2, -0.15) is 4.37 Å². The molecular weight excluding hydrogens is 283 g/mol. The van der Waals surface area contributed by atoms with E-state index in [-0.39, 0.29) is 11.3 Å². The Bertz CT molecular complexity index is 669. The van der Waals surface area contributed by atoms with Crippen molar-refractivity contribution in [3.63, 3.8) is 0 Å². The van der Waals surface area contributed by atoms with Gasteiger partial charge in [0, 0.05) is 5.38 Å². The lowest BCUT2D eigenvalue weighted by atomic mass is 10.1. The van der Waals surface area contributed by atoms with E-state index in [9.17, 15) is 14.0 Å². The third-order valence-corrected chi connectivity index (χ3v) is 3.37. The van der Waals surface area contributed by atoms with E-state index in [1.807, 2.05) is 0 Å². The molecule has 0 spiro atoms. The zero-order valence-electron chi connectivity index (χ0n) is 10.8. The highest BCUT2D eigenvalue weighted by Crippen LogP contribution is 2.21. The molecule has 1 aromatic carbocycles. The van der Waals surface area contributed by atoms with Crippen LogP contribution < -0.4 is 5.32 Å². The fraction of sp³-hybridized carbons (Fsp3) is 0.154. The monoisotopic (exact) mass is 294 g/mol. The quantitative estimate of drug-likeness (QED) is 0.884. The summed E-state index contributed by atoms with van der Waals surface area (Å²) in [4.78, 5) is 23.6. The molecule has 104 valence electrons. The van der Waals surface area contributed by atoms with Crippen LogP contribution in [0.2, 0.25) is 0 Å². The number of aromatic nitrogens is 1. The van der Waals surface area contributed by atoms with Crippen LogP contribution in [-0.4, -0.2) is 23.4 Å². The fourth-order valence-electron chi connectivity index (χ4n) is 1.64. The Kier molecular flexibility index (Phi) is 4.09. The van der Waals surface area contributed by atoms with Crippen LogP contribution in [0.25, 0.3) is 0 Å². The van der Waals surface area contributed by atoms with Crippen molar-refractivity contribution in [2.24, 2.45) is 0 Å². The molecule has 1 aromatic heterocycles. The first-order valence-electron chi connectivity index (χ1n) is 5.63. The largest absolute Gasteiger partial charge is 0.465 e. The average Bonchev–Trinajstić information content (AvgIpc) is 2.84. The molecule has 20 heavy (non-hydrogen) atoms. The number of halogens is 1. The minimum atomic E-state index is -0.849. The summed E-state index contributed by atoms with van der Waals surface area (Å²) in [6, 6.07) is 3.96. The summed E-state index contributed by atoms with van der Waals surface area (Å²) in [7, 11) is 1.15. The van der Waals surface area contributed by atoms with E-state index in [4.69, 9.17) is 0 Å². The molecule has 7 heteroatoms. The number of methoxy groups -OCH3 is 1. The summed E-state index contributed by atoms with van der Waals surface area (Å²) < 4.78 is 22.2. The van der Waals surface area contributed by atoms with Gasteiger partial charge in [0.1, 0.15) is 11.4 Å². The van der Waals surface area contributed by atoms with Crippen molar-refractivity contribution in [3.05, 3.63) is 46.2 Å². The Hall–Kier alpha value is -2.28. The predicted molar refractivity (Wildman–Crippen MR) is 72.5 cm³/mol. The van der Waals surface area contributed by atoms with Gasteiger partial charge in [0.05, 0.1) is 24.1 Å². The van der Waals surface area contributed by atoms with Crippen molar-refractivity contribution in [1.82, 2.24) is 4.37 Å². The van der Waals surface area contributed by atoms with Crippen molar-refractivity contribution in [2.75, 3.05) is 12.4 Å². The molecule has 0 fully saturated rings. The van der Waals surface area contributed by atoms with E-state index in [2.05, 4.69) is 14.4 Å². The fourth-order valence-corrected chi connectivity index (χ4v) is 2.33. The maximum absolute atomic E-state index is 13.7. The third-order valence-electron chi connectivity index (χ3n) is 2.65. The standard InChI is InChI=1S/C13H11FN2O3S/c1-7-8(6-20-16-7)12(17)15-10-5-3-4-9(14)11(10)13(18)19-2/h3-6H,1-2H3,(H,15,17). The maximum Gasteiger partial charge on any atom is 0.342 e. The minimum Gasteiger partial charge on any atom is -0.465 e. The summed E-state index contributed by atoms with van der Waals surface area (Å²) in [6.07, 6.45) is 0. The Labute approximate surface area is 118 Å². The van der Waals surface area contributed by atoms with Crippen molar-refractivity contribution in [2.45, 2.75) is 6.92 Å². The van der Waals surface area contributed by atoms with Gasteiger partial charge < -0.3 is 10.1 Å². The normalized spacial score (nSPS) is 10.2. The average molecular weight is 294 g/mol. The van der Waals surface area contributed by atoms with Gasteiger partial charge in [0.15, 0.2) is 0 Å². The first-order chi connectivity index (χ1) is 9.54. The van der Waals surface area contributed by atoms with E-state index in [0.717, 1.165) is 24.7 Å². The summed E-state index contributed by atoms with van der Waals surface area (Å²) in [5.74, 6) is -2.06. The van der Waals surface area contributed by atoms with E-state index in [1.165, 1.54) is 12.1 Å². The molecule has 0 radical (unpaired) electrons. The first-order valence-corrected chi connectivity index (χ1v) is 6.47. The smallest absolute Gasteiger partial charge is 0.342 e. The van der Waals surface area contributed by atoms with Gasteiger partial charge in [0.2, 0.25) is 0 Å². The number of nitrogens with zero attached hydrogens (tertiary/aromatic N) is 1. The van der Waals surface area contributed by atoms with Crippen LogP contribution in [0.4, 0.5) is 10.1 Å². The molecule has 5 nitrogen and oxygen atoms in total. The van der Waals surface area contributed by atoms with Gasteiger partial charge in [-0.05, 0) is 30.6 Å². The number of rotatable bonds is 3. The first kappa shape index (κ1) is 14.1. The molecule has 0 aliphatic rings. The maximum atomic E-state index is 13.7. The summed E-state index contributed by atoms with van der Waals surface area (Å²) in [5.41, 5.74) is 0.718. The van der Waals surface area contributed by atoms with Crippen LogP contribution in [0.3, 0.4) is 0 Å². The number of ether oxygens (including phenoxy) is 1. The third kappa shape index (κ3) is 2.67. The lowest BCUT2D eigenvalue weighted by molar-refractivity contribution is 0.0597. The predicted octanol–water partition coefficient (Wildman–Crippen LogP) is 2.63. The number of hydrogen-bond acceptors (Lipinski definition) is 5. The second-order valence-electron chi connectivity index (χ2n) is 3.92. The number of carbonyl (C=O) groups is 2. The second kappa shape index (κ2) is 5.79. The zero-order chi connectivity index (χ0) is 14.7. The molecular formula is C13H11FN2O3S. The molecule has 0 saturated carbocycles. The van der Waals surface area contributed by atoms with Crippen LogP contribution in [0.5, 0.6) is 0 Å². The highest BCUT2D eigenvalue weighted by Gasteiger charge is 2.20. The van der Waals surface area contributed by atoms with Gasteiger partial charge in [-0.15, -0.1) is 0 Å². The molecule has 1 amide bonds.